The molecule has 0 aliphatic carbocycles. The molecule has 1 atom stereocenters. The van der Waals surface area contributed by atoms with Crippen LogP contribution in [0.3, 0.4) is 0 Å². The summed E-state index contributed by atoms with van der Waals surface area (Å²) in [6.45, 7) is 8.12. The van der Waals surface area contributed by atoms with Crippen molar-refractivity contribution in [3.05, 3.63) is 91.0 Å². The third-order valence-electron chi connectivity index (χ3n) is 3.44. The summed E-state index contributed by atoms with van der Waals surface area (Å²) >= 11 is 0. The van der Waals surface area contributed by atoms with Gasteiger partial charge in [0.1, 0.15) is 5.82 Å². The molecule has 1 aromatic carbocycles. The lowest BCUT2D eigenvalue weighted by Gasteiger charge is -2.25. The van der Waals surface area contributed by atoms with Crippen LogP contribution in [0, 0.1) is 5.82 Å². The first kappa shape index (κ1) is 17.4. The molecule has 4 nitrogen and oxygen atoms in total. The number of nitrogens with zero attached hydrogens (tertiary/aromatic N) is 2. The van der Waals surface area contributed by atoms with Crippen molar-refractivity contribution in [3.63, 3.8) is 0 Å². The van der Waals surface area contributed by atoms with Gasteiger partial charge in [-0.15, -0.1) is 13.2 Å². The predicted octanol–water partition coefficient (Wildman–Crippen LogP) is 3.69. The van der Waals surface area contributed by atoms with Crippen molar-refractivity contribution in [1.82, 2.24) is 15.2 Å². The first-order valence-electron chi connectivity index (χ1n) is 7.59. The minimum absolute atomic E-state index is 0.269. The third-order valence-corrected chi connectivity index (χ3v) is 3.44. The van der Waals surface area contributed by atoms with E-state index in [1.807, 2.05) is 12.1 Å². The van der Waals surface area contributed by atoms with Gasteiger partial charge < -0.3 is 10.2 Å². The Morgan fingerprint density at radius 2 is 1.83 bits per heavy atom. The molecule has 0 radical (unpaired) electrons. The second-order valence-electron chi connectivity index (χ2n) is 5.17. The van der Waals surface area contributed by atoms with Gasteiger partial charge in [-0.05, 0) is 29.8 Å². The van der Waals surface area contributed by atoms with Crippen LogP contribution in [0.1, 0.15) is 17.3 Å². The molecule has 0 spiro atoms. The van der Waals surface area contributed by atoms with Crippen LogP contribution in [0.2, 0.25) is 0 Å². The largest absolute Gasteiger partial charge is 0.325 e. The Morgan fingerprint density at radius 3 is 2.38 bits per heavy atom. The molecular weight excluding hydrogens is 305 g/mol. The maximum absolute atomic E-state index is 13.2. The molecule has 0 aliphatic heterocycles. The number of carbonyl (C=O) groups is 1. The van der Waals surface area contributed by atoms with Gasteiger partial charge >= 0.3 is 6.03 Å². The van der Waals surface area contributed by atoms with E-state index in [1.165, 1.54) is 12.1 Å². The molecule has 0 unspecified atom stereocenters. The van der Waals surface area contributed by atoms with Crippen LogP contribution < -0.4 is 5.32 Å². The van der Waals surface area contributed by atoms with E-state index in [9.17, 15) is 9.18 Å². The number of halogens is 1. The Morgan fingerprint density at radius 1 is 1.17 bits per heavy atom. The van der Waals surface area contributed by atoms with E-state index in [-0.39, 0.29) is 11.8 Å². The normalized spacial score (nSPS) is 11.4. The van der Waals surface area contributed by atoms with Crippen molar-refractivity contribution in [2.24, 2.45) is 0 Å². The van der Waals surface area contributed by atoms with Crippen LogP contribution in [0.5, 0.6) is 0 Å². The van der Waals surface area contributed by atoms with Crippen molar-refractivity contribution >= 4 is 6.03 Å². The Kier molecular flexibility index (Phi) is 6.25. The monoisotopic (exact) mass is 325 g/mol. The standard InChI is InChI=1S/C19H20FN3O/c1-3-13-23(14-4-2)19(24)22-18(17-7-5-6-12-21-17)15-8-10-16(20)11-9-15/h3-12,18H,1-2,13-14H2,(H,22,24)/t18-/m1/s1. The Labute approximate surface area is 141 Å². The predicted molar refractivity (Wildman–Crippen MR) is 93.0 cm³/mol. The second kappa shape index (κ2) is 8.62. The average molecular weight is 325 g/mol. The Hall–Kier alpha value is -2.95. The molecule has 24 heavy (non-hydrogen) atoms. The number of benzene rings is 1. The van der Waals surface area contributed by atoms with E-state index in [1.54, 1.807) is 41.4 Å². The summed E-state index contributed by atoms with van der Waals surface area (Å²) in [7, 11) is 0. The molecule has 1 heterocycles. The SMILES string of the molecule is C=CCN(CC=C)C(=O)N[C@H](c1ccc(F)cc1)c1ccccn1. The molecule has 0 aliphatic rings. The molecule has 0 saturated carbocycles. The van der Waals surface area contributed by atoms with E-state index >= 15 is 0 Å². The first-order chi connectivity index (χ1) is 11.7. The van der Waals surface area contributed by atoms with Crippen LogP contribution in [0.4, 0.5) is 9.18 Å². The highest BCUT2D eigenvalue weighted by Crippen LogP contribution is 2.21. The van der Waals surface area contributed by atoms with Crippen LogP contribution in [-0.2, 0) is 0 Å². The van der Waals surface area contributed by atoms with Gasteiger partial charge in [-0.2, -0.15) is 0 Å². The lowest BCUT2D eigenvalue weighted by Crippen LogP contribution is -2.42. The Balaban J connectivity index is 2.29. The van der Waals surface area contributed by atoms with E-state index < -0.39 is 6.04 Å². The summed E-state index contributed by atoms with van der Waals surface area (Å²) in [6.07, 6.45) is 4.96. The van der Waals surface area contributed by atoms with Crippen LogP contribution in [0.15, 0.2) is 74.0 Å². The van der Waals surface area contributed by atoms with Crippen molar-refractivity contribution in [1.29, 1.82) is 0 Å². The lowest BCUT2D eigenvalue weighted by atomic mass is 10.0. The van der Waals surface area contributed by atoms with Crippen molar-refractivity contribution in [2.45, 2.75) is 6.04 Å². The zero-order valence-corrected chi connectivity index (χ0v) is 13.4. The van der Waals surface area contributed by atoms with E-state index in [4.69, 9.17) is 0 Å². The zero-order chi connectivity index (χ0) is 17.4. The molecule has 124 valence electrons. The number of hydrogen-bond acceptors (Lipinski definition) is 2. The van der Waals surface area contributed by atoms with Crippen molar-refractivity contribution < 1.29 is 9.18 Å². The number of carbonyl (C=O) groups excluding carboxylic acids is 1. The van der Waals surface area contributed by atoms with Gasteiger partial charge in [0.15, 0.2) is 0 Å². The number of urea groups is 1. The van der Waals surface area contributed by atoms with Crippen LogP contribution >= 0.6 is 0 Å². The smallest absolute Gasteiger partial charge is 0.318 e. The summed E-state index contributed by atoms with van der Waals surface area (Å²) in [4.78, 5) is 18.4. The lowest BCUT2D eigenvalue weighted by molar-refractivity contribution is 0.205. The minimum Gasteiger partial charge on any atom is -0.325 e. The minimum atomic E-state index is -0.476. The number of amides is 2. The summed E-state index contributed by atoms with van der Waals surface area (Å²) in [5, 5.41) is 2.95. The fourth-order valence-corrected chi connectivity index (χ4v) is 2.30. The summed E-state index contributed by atoms with van der Waals surface area (Å²) in [5.41, 5.74) is 1.43. The fourth-order valence-electron chi connectivity index (χ4n) is 2.30. The maximum atomic E-state index is 13.2. The zero-order valence-electron chi connectivity index (χ0n) is 13.4. The molecular formula is C19H20FN3O. The second-order valence-corrected chi connectivity index (χ2v) is 5.17. The van der Waals surface area contributed by atoms with Gasteiger partial charge in [0.2, 0.25) is 0 Å². The van der Waals surface area contributed by atoms with Gasteiger partial charge in [0.25, 0.3) is 0 Å². The van der Waals surface area contributed by atoms with Gasteiger partial charge in [-0.1, -0.05) is 30.4 Å². The third kappa shape index (κ3) is 4.52. The summed E-state index contributed by atoms with van der Waals surface area (Å²) in [6, 6.07) is 10.7. The molecule has 0 saturated heterocycles. The number of nitrogens with one attached hydrogen (secondary N) is 1. The quantitative estimate of drug-likeness (QED) is 0.789. The number of pyridine rings is 1. The molecule has 1 aromatic heterocycles. The van der Waals surface area contributed by atoms with Crippen molar-refractivity contribution in [2.75, 3.05) is 13.1 Å². The molecule has 1 N–H and O–H groups in total. The summed E-state index contributed by atoms with van der Waals surface area (Å²) in [5.74, 6) is -0.329. The van der Waals surface area contributed by atoms with Crippen molar-refractivity contribution in [3.8, 4) is 0 Å². The molecule has 0 fully saturated rings. The Bertz CT molecular complexity index is 676. The molecule has 2 rings (SSSR count). The van der Waals surface area contributed by atoms with E-state index in [0.717, 1.165) is 5.56 Å². The number of aromatic nitrogens is 1. The van der Waals surface area contributed by atoms with E-state index in [0.29, 0.717) is 18.8 Å². The van der Waals surface area contributed by atoms with Crippen LogP contribution in [0.25, 0.3) is 0 Å². The average Bonchev–Trinajstić information content (AvgIpc) is 2.61. The molecule has 2 aromatic rings. The van der Waals surface area contributed by atoms with Gasteiger partial charge in [-0.25, -0.2) is 9.18 Å². The maximum Gasteiger partial charge on any atom is 0.318 e. The summed E-state index contributed by atoms with van der Waals surface area (Å²) < 4.78 is 13.2. The van der Waals surface area contributed by atoms with E-state index in [2.05, 4.69) is 23.5 Å². The highest BCUT2D eigenvalue weighted by atomic mass is 19.1. The topological polar surface area (TPSA) is 45.2 Å². The highest BCUT2D eigenvalue weighted by Gasteiger charge is 2.20. The van der Waals surface area contributed by atoms with Gasteiger partial charge in [0.05, 0.1) is 11.7 Å². The highest BCUT2D eigenvalue weighted by molar-refractivity contribution is 5.75. The molecule has 5 heteroatoms. The van der Waals surface area contributed by atoms with Gasteiger partial charge in [0, 0.05) is 19.3 Å². The first-order valence-corrected chi connectivity index (χ1v) is 7.59. The fraction of sp³-hybridized carbons (Fsp3) is 0.158. The number of hydrogen-bond donors (Lipinski definition) is 1. The van der Waals surface area contributed by atoms with Crippen LogP contribution in [-0.4, -0.2) is 29.0 Å². The molecule has 2 amide bonds. The number of rotatable bonds is 7. The molecule has 0 bridgehead atoms. The van der Waals surface area contributed by atoms with Gasteiger partial charge in [-0.3, -0.25) is 4.98 Å².